The van der Waals surface area contributed by atoms with Crippen molar-refractivity contribution in [1.82, 2.24) is 15.3 Å². The first-order valence-corrected chi connectivity index (χ1v) is 5.51. The number of anilines is 2. The van der Waals surface area contributed by atoms with Crippen LogP contribution >= 0.6 is 0 Å². The van der Waals surface area contributed by atoms with E-state index in [1.54, 1.807) is 6.20 Å². The zero-order valence-electron chi connectivity index (χ0n) is 9.68. The van der Waals surface area contributed by atoms with Gasteiger partial charge >= 0.3 is 0 Å². The molecule has 0 saturated carbocycles. The lowest BCUT2D eigenvalue weighted by Crippen LogP contribution is -2.35. The summed E-state index contributed by atoms with van der Waals surface area (Å²) in [5, 5.41) is 2.91. The van der Waals surface area contributed by atoms with Gasteiger partial charge in [-0.15, -0.1) is 0 Å². The molecule has 1 amide bonds. The van der Waals surface area contributed by atoms with E-state index in [-0.39, 0.29) is 11.9 Å². The molecule has 0 radical (unpaired) electrons. The Morgan fingerprint density at radius 1 is 1.65 bits per heavy atom. The van der Waals surface area contributed by atoms with E-state index in [2.05, 4.69) is 25.6 Å². The minimum absolute atomic E-state index is 0.00357. The molecule has 0 aromatic carbocycles. The van der Waals surface area contributed by atoms with E-state index in [1.165, 1.54) is 6.92 Å². The summed E-state index contributed by atoms with van der Waals surface area (Å²) in [4.78, 5) is 21.3. The number of nitrogens with two attached hydrogens (primary N) is 1. The molecule has 1 unspecified atom stereocenters. The fourth-order valence-corrected chi connectivity index (χ4v) is 1.97. The number of amides is 1. The van der Waals surface area contributed by atoms with Crippen molar-refractivity contribution in [2.45, 2.75) is 19.4 Å². The first-order chi connectivity index (χ1) is 8.19. The molecule has 1 atom stereocenters. The molecule has 1 aromatic rings. The summed E-state index contributed by atoms with van der Waals surface area (Å²) < 4.78 is 0. The number of nitrogen functional groups attached to an aromatic ring is 1. The summed E-state index contributed by atoms with van der Waals surface area (Å²) in [6, 6.07) is 2.02. The standard InChI is InChI=1S/C10H16N6O/c1-7(17)13-8-3-5-16(6-8)9-2-4-12-10(14-9)15-11/h2,4,8H,3,5-6,11H2,1H3,(H,13,17)(H,12,14,15). The van der Waals surface area contributed by atoms with Crippen molar-refractivity contribution >= 4 is 17.7 Å². The SMILES string of the molecule is CC(=O)NC1CCN(c2ccnc(NN)n2)C1. The summed E-state index contributed by atoms with van der Waals surface area (Å²) in [7, 11) is 0. The lowest BCUT2D eigenvalue weighted by atomic mass is 10.3. The summed E-state index contributed by atoms with van der Waals surface area (Å²) in [5.41, 5.74) is 2.42. The Morgan fingerprint density at radius 2 is 2.47 bits per heavy atom. The Labute approximate surface area is 99.4 Å². The van der Waals surface area contributed by atoms with Crippen LogP contribution in [0, 0.1) is 0 Å². The number of nitrogens with zero attached hydrogens (tertiary/aromatic N) is 3. The van der Waals surface area contributed by atoms with Crippen molar-refractivity contribution in [1.29, 1.82) is 0 Å². The summed E-state index contributed by atoms with van der Waals surface area (Å²) in [5.74, 6) is 6.48. The van der Waals surface area contributed by atoms with Crippen LogP contribution in [-0.4, -0.2) is 35.0 Å². The maximum Gasteiger partial charge on any atom is 0.239 e. The molecule has 7 heteroatoms. The average molecular weight is 236 g/mol. The van der Waals surface area contributed by atoms with Gasteiger partial charge in [-0.3, -0.25) is 10.2 Å². The summed E-state index contributed by atoms with van der Waals surface area (Å²) >= 11 is 0. The largest absolute Gasteiger partial charge is 0.354 e. The van der Waals surface area contributed by atoms with E-state index in [1.807, 2.05) is 6.07 Å². The lowest BCUT2D eigenvalue weighted by molar-refractivity contribution is -0.119. The zero-order valence-corrected chi connectivity index (χ0v) is 9.68. The third kappa shape index (κ3) is 2.82. The first-order valence-electron chi connectivity index (χ1n) is 5.51. The normalized spacial score (nSPS) is 19.2. The molecule has 0 spiro atoms. The summed E-state index contributed by atoms with van der Waals surface area (Å²) in [6.45, 7) is 3.16. The molecule has 4 N–H and O–H groups in total. The monoisotopic (exact) mass is 236 g/mol. The Morgan fingerprint density at radius 3 is 3.18 bits per heavy atom. The van der Waals surface area contributed by atoms with Crippen molar-refractivity contribution in [2.24, 2.45) is 5.84 Å². The van der Waals surface area contributed by atoms with Gasteiger partial charge in [-0.25, -0.2) is 10.8 Å². The molecule has 0 bridgehead atoms. The average Bonchev–Trinajstić information content (AvgIpc) is 2.77. The summed E-state index contributed by atoms with van der Waals surface area (Å²) in [6.07, 6.45) is 2.58. The second-order valence-corrected chi connectivity index (χ2v) is 4.01. The number of aromatic nitrogens is 2. The second-order valence-electron chi connectivity index (χ2n) is 4.01. The molecule has 1 aromatic heterocycles. The van der Waals surface area contributed by atoms with Gasteiger partial charge in [0.25, 0.3) is 0 Å². The smallest absolute Gasteiger partial charge is 0.239 e. The van der Waals surface area contributed by atoms with Crippen LogP contribution in [0.3, 0.4) is 0 Å². The molecule has 1 saturated heterocycles. The number of hydrazine groups is 1. The van der Waals surface area contributed by atoms with Gasteiger partial charge in [0.15, 0.2) is 0 Å². The van der Waals surface area contributed by atoms with Crippen LogP contribution in [0.5, 0.6) is 0 Å². The quantitative estimate of drug-likeness (QED) is 0.482. The zero-order chi connectivity index (χ0) is 12.3. The minimum Gasteiger partial charge on any atom is -0.354 e. The lowest BCUT2D eigenvalue weighted by Gasteiger charge is -2.17. The predicted octanol–water partition coefficient (Wildman–Crippen LogP) is -0.523. The van der Waals surface area contributed by atoms with Crippen LogP contribution < -0.4 is 21.5 Å². The maximum absolute atomic E-state index is 11.0. The van der Waals surface area contributed by atoms with E-state index in [4.69, 9.17) is 5.84 Å². The highest BCUT2D eigenvalue weighted by Gasteiger charge is 2.24. The highest BCUT2D eigenvalue weighted by atomic mass is 16.1. The van der Waals surface area contributed by atoms with Crippen molar-refractivity contribution in [2.75, 3.05) is 23.4 Å². The van der Waals surface area contributed by atoms with Crippen molar-refractivity contribution < 1.29 is 4.79 Å². The van der Waals surface area contributed by atoms with Gasteiger partial charge in [0, 0.05) is 32.3 Å². The highest BCUT2D eigenvalue weighted by Crippen LogP contribution is 2.18. The number of hydrogen-bond donors (Lipinski definition) is 3. The van der Waals surface area contributed by atoms with Crippen molar-refractivity contribution in [3.8, 4) is 0 Å². The number of hydrogen-bond acceptors (Lipinski definition) is 6. The van der Waals surface area contributed by atoms with Gasteiger partial charge in [0.2, 0.25) is 11.9 Å². The van der Waals surface area contributed by atoms with Gasteiger partial charge in [0.05, 0.1) is 0 Å². The molecule has 92 valence electrons. The fourth-order valence-electron chi connectivity index (χ4n) is 1.97. The number of carbonyl (C=O) groups excluding carboxylic acids is 1. The fraction of sp³-hybridized carbons (Fsp3) is 0.500. The Balaban J connectivity index is 2.01. The van der Waals surface area contributed by atoms with Crippen LogP contribution in [0.1, 0.15) is 13.3 Å². The molecule has 2 rings (SSSR count). The van der Waals surface area contributed by atoms with Gasteiger partial charge in [-0.2, -0.15) is 4.98 Å². The van der Waals surface area contributed by atoms with Crippen LogP contribution in [0.25, 0.3) is 0 Å². The number of carbonyl (C=O) groups is 1. The molecule has 1 fully saturated rings. The number of rotatable bonds is 3. The van der Waals surface area contributed by atoms with Gasteiger partial charge in [-0.05, 0) is 12.5 Å². The second kappa shape index (κ2) is 4.96. The van der Waals surface area contributed by atoms with Crippen LogP contribution in [-0.2, 0) is 4.79 Å². The van der Waals surface area contributed by atoms with E-state index < -0.39 is 0 Å². The molecule has 7 nitrogen and oxygen atoms in total. The minimum atomic E-state index is 0.00357. The predicted molar refractivity (Wildman–Crippen MR) is 64.3 cm³/mol. The molecule has 17 heavy (non-hydrogen) atoms. The molecule has 1 aliphatic heterocycles. The van der Waals surface area contributed by atoms with Crippen molar-refractivity contribution in [3.63, 3.8) is 0 Å². The Hall–Kier alpha value is -1.89. The van der Waals surface area contributed by atoms with E-state index in [0.29, 0.717) is 5.95 Å². The molecular weight excluding hydrogens is 220 g/mol. The third-order valence-corrected chi connectivity index (χ3v) is 2.69. The molecule has 2 heterocycles. The van der Waals surface area contributed by atoms with E-state index in [0.717, 1.165) is 25.3 Å². The van der Waals surface area contributed by atoms with Crippen molar-refractivity contribution in [3.05, 3.63) is 12.3 Å². The third-order valence-electron chi connectivity index (χ3n) is 2.69. The van der Waals surface area contributed by atoms with Crippen LogP contribution in [0.2, 0.25) is 0 Å². The Kier molecular flexibility index (Phi) is 3.38. The van der Waals surface area contributed by atoms with Gasteiger partial charge < -0.3 is 10.2 Å². The first kappa shape index (κ1) is 11.6. The van der Waals surface area contributed by atoms with Crippen LogP contribution in [0.15, 0.2) is 12.3 Å². The topological polar surface area (TPSA) is 96.2 Å². The number of nitrogens with one attached hydrogen (secondary N) is 2. The highest BCUT2D eigenvalue weighted by molar-refractivity contribution is 5.73. The van der Waals surface area contributed by atoms with Gasteiger partial charge in [0.1, 0.15) is 5.82 Å². The van der Waals surface area contributed by atoms with Crippen LogP contribution in [0.4, 0.5) is 11.8 Å². The molecular formula is C10H16N6O. The van der Waals surface area contributed by atoms with E-state index >= 15 is 0 Å². The molecule has 1 aliphatic rings. The maximum atomic E-state index is 11.0. The Bertz CT molecular complexity index is 410. The van der Waals surface area contributed by atoms with Gasteiger partial charge in [-0.1, -0.05) is 0 Å². The molecule has 0 aliphatic carbocycles. The van der Waals surface area contributed by atoms with E-state index in [9.17, 15) is 4.79 Å².